The number of benzene rings is 1. The van der Waals surface area contributed by atoms with Gasteiger partial charge in [0, 0.05) is 30.6 Å². The number of ketones is 1. The number of thioether (sulfide) groups is 1. The predicted octanol–water partition coefficient (Wildman–Crippen LogP) is 3.86. The van der Waals surface area contributed by atoms with E-state index >= 15 is 0 Å². The normalized spacial score (nSPS) is 12.2. The summed E-state index contributed by atoms with van der Waals surface area (Å²) in [5.41, 5.74) is 3.76. The summed E-state index contributed by atoms with van der Waals surface area (Å²) in [4.78, 5) is 16.9. The Labute approximate surface area is 151 Å². The van der Waals surface area contributed by atoms with Crippen LogP contribution < -0.4 is 0 Å². The van der Waals surface area contributed by atoms with Gasteiger partial charge in [0.05, 0.1) is 5.25 Å². The molecule has 1 atom stereocenters. The smallest absolute Gasteiger partial charge is 0.191 e. The highest BCUT2D eigenvalue weighted by molar-refractivity contribution is 8.00. The minimum Gasteiger partial charge on any atom is -0.305 e. The minimum atomic E-state index is -0.245. The van der Waals surface area contributed by atoms with Gasteiger partial charge in [-0.1, -0.05) is 29.5 Å². The van der Waals surface area contributed by atoms with Crippen molar-refractivity contribution in [2.45, 2.75) is 31.2 Å². The highest BCUT2D eigenvalue weighted by atomic mass is 32.2. The maximum atomic E-state index is 12.8. The van der Waals surface area contributed by atoms with Crippen LogP contribution in [0.25, 0.3) is 11.4 Å². The second-order valence-electron chi connectivity index (χ2n) is 6.05. The maximum absolute atomic E-state index is 12.8. The van der Waals surface area contributed by atoms with Gasteiger partial charge < -0.3 is 4.57 Å². The molecule has 0 spiro atoms. The van der Waals surface area contributed by atoms with Crippen LogP contribution in [0.1, 0.15) is 28.4 Å². The summed E-state index contributed by atoms with van der Waals surface area (Å²) in [6, 6.07) is 9.77. The molecule has 0 saturated carbocycles. The van der Waals surface area contributed by atoms with Crippen molar-refractivity contribution in [3.05, 3.63) is 59.4 Å². The van der Waals surface area contributed by atoms with Crippen LogP contribution in [0.4, 0.5) is 0 Å². The van der Waals surface area contributed by atoms with Crippen LogP contribution in [0, 0.1) is 13.8 Å². The van der Waals surface area contributed by atoms with E-state index in [9.17, 15) is 4.79 Å². The molecular weight excluding hydrogens is 332 g/mol. The Morgan fingerprint density at radius 1 is 1.20 bits per heavy atom. The molecule has 0 bridgehead atoms. The summed E-state index contributed by atoms with van der Waals surface area (Å²) >= 11 is 1.42. The van der Waals surface area contributed by atoms with Gasteiger partial charge in [-0.3, -0.25) is 9.78 Å². The number of carbonyl (C=O) groups excluding carboxylic acids is 1. The van der Waals surface area contributed by atoms with E-state index < -0.39 is 0 Å². The van der Waals surface area contributed by atoms with E-state index in [2.05, 4.69) is 15.2 Å². The van der Waals surface area contributed by atoms with E-state index in [1.165, 1.54) is 11.8 Å². The second-order valence-corrected chi connectivity index (χ2v) is 7.36. The molecule has 0 radical (unpaired) electrons. The number of rotatable bonds is 5. The molecule has 3 aromatic rings. The lowest BCUT2D eigenvalue weighted by atomic mass is 10.0. The summed E-state index contributed by atoms with van der Waals surface area (Å²) in [5.74, 6) is 0.846. The van der Waals surface area contributed by atoms with Crippen molar-refractivity contribution in [2.75, 3.05) is 0 Å². The van der Waals surface area contributed by atoms with Gasteiger partial charge in [0.15, 0.2) is 16.8 Å². The van der Waals surface area contributed by atoms with E-state index in [1.807, 2.05) is 62.7 Å². The van der Waals surface area contributed by atoms with Crippen LogP contribution in [0.2, 0.25) is 0 Å². The highest BCUT2D eigenvalue weighted by Gasteiger charge is 2.21. The Balaban J connectivity index is 1.82. The highest BCUT2D eigenvalue weighted by Crippen LogP contribution is 2.27. The molecule has 0 fully saturated rings. The van der Waals surface area contributed by atoms with Crippen molar-refractivity contribution in [1.82, 2.24) is 19.7 Å². The van der Waals surface area contributed by atoms with Crippen molar-refractivity contribution >= 4 is 17.5 Å². The number of aryl methyl sites for hydroxylation is 2. The van der Waals surface area contributed by atoms with Gasteiger partial charge in [0.2, 0.25) is 0 Å². The summed E-state index contributed by atoms with van der Waals surface area (Å²) in [6.45, 7) is 5.87. The van der Waals surface area contributed by atoms with E-state index in [4.69, 9.17) is 0 Å². The van der Waals surface area contributed by atoms with Crippen molar-refractivity contribution in [3.8, 4) is 11.4 Å². The number of Topliss-reactive ketones (excluding diaryl/α,β-unsaturated/α-hetero) is 1. The minimum absolute atomic E-state index is 0.108. The summed E-state index contributed by atoms with van der Waals surface area (Å²) < 4.78 is 1.90. The fourth-order valence-electron chi connectivity index (χ4n) is 2.60. The van der Waals surface area contributed by atoms with Crippen LogP contribution in [0.15, 0.2) is 47.9 Å². The van der Waals surface area contributed by atoms with Gasteiger partial charge in [-0.05, 0) is 44.5 Å². The number of carbonyl (C=O) groups is 1. The molecule has 2 aromatic heterocycles. The van der Waals surface area contributed by atoms with Crippen molar-refractivity contribution in [2.24, 2.45) is 7.05 Å². The molecule has 25 heavy (non-hydrogen) atoms. The lowest BCUT2D eigenvalue weighted by Crippen LogP contribution is -2.16. The topological polar surface area (TPSA) is 60.7 Å². The zero-order chi connectivity index (χ0) is 18.0. The summed E-state index contributed by atoms with van der Waals surface area (Å²) in [7, 11) is 1.90. The molecule has 6 heteroatoms. The molecular formula is C19H20N4OS. The number of hydrogen-bond acceptors (Lipinski definition) is 5. The fourth-order valence-corrected chi connectivity index (χ4v) is 3.48. The first kappa shape index (κ1) is 17.4. The Morgan fingerprint density at radius 3 is 2.72 bits per heavy atom. The molecule has 5 nitrogen and oxygen atoms in total. The average Bonchev–Trinajstić information content (AvgIpc) is 2.97. The first-order valence-electron chi connectivity index (χ1n) is 8.05. The number of aromatic nitrogens is 4. The monoisotopic (exact) mass is 352 g/mol. The Kier molecular flexibility index (Phi) is 4.99. The van der Waals surface area contributed by atoms with Crippen LogP contribution in [-0.4, -0.2) is 30.8 Å². The van der Waals surface area contributed by atoms with Crippen LogP contribution in [-0.2, 0) is 7.05 Å². The van der Waals surface area contributed by atoms with Crippen LogP contribution in [0.3, 0.4) is 0 Å². The number of pyridine rings is 1. The Morgan fingerprint density at radius 2 is 2.00 bits per heavy atom. The van der Waals surface area contributed by atoms with E-state index in [-0.39, 0.29) is 11.0 Å². The third-order valence-corrected chi connectivity index (χ3v) is 5.20. The molecule has 0 N–H and O–H groups in total. The van der Waals surface area contributed by atoms with Crippen molar-refractivity contribution in [3.63, 3.8) is 0 Å². The van der Waals surface area contributed by atoms with Gasteiger partial charge in [-0.25, -0.2) is 0 Å². The molecule has 0 aliphatic rings. The Hall–Kier alpha value is -2.47. The van der Waals surface area contributed by atoms with E-state index in [0.29, 0.717) is 5.16 Å². The van der Waals surface area contributed by atoms with Gasteiger partial charge in [-0.2, -0.15) is 0 Å². The molecule has 0 aliphatic heterocycles. The maximum Gasteiger partial charge on any atom is 0.191 e. The van der Waals surface area contributed by atoms with E-state index in [1.54, 1.807) is 12.4 Å². The first-order chi connectivity index (χ1) is 12.0. The largest absolute Gasteiger partial charge is 0.305 e. The second kappa shape index (κ2) is 7.19. The lowest BCUT2D eigenvalue weighted by Gasteiger charge is -2.12. The van der Waals surface area contributed by atoms with Crippen molar-refractivity contribution < 1.29 is 4.79 Å². The molecule has 128 valence electrons. The van der Waals surface area contributed by atoms with Gasteiger partial charge >= 0.3 is 0 Å². The summed E-state index contributed by atoms with van der Waals surface area (Å²) in [6.07, 6.45) is 3.48. The van der Waals surface area contributed by atoms with Crippen LogP contribution in [0.5, 0.6) is 0 Å². The SMILES string of the molecule is Cc1ccc(C)c(C(=O)C(C)Sc2nnc(-c3cccnc3)n2C)c1. The molecule has 0 aliphatic carbocycles. The quantitative estimate of drug-likeness (QED) is 0.515. The number of nitrogens with zero attached hydrogens (tertiary/aromatic N) is 4. The third-order valence-electron chi connectivity index (χ3n) is 4.06. The van der Waals surface area contributed by atoms with Gasteiger partial charge in [0.1, 0.15) is 0 Å². The molecule has 1 unspecified atom stereocenters. The number of hydrogen-bond donors (Lipinski definition) is 0. The molecule has 0 saturated heterocycles. The first-order valence-corrected chi connectivity index (χ1v) is 8.93. The van der Waals surface area contributed by atoms with Gasteiger partial charge in [0.25, 0.3) is 0 Å². The average molecular weight is 352 g/mol. The fraction of sp³-hybridized carbons (Fsp3) is 0.263. The van der Waals surface area contributed by atoms with E-state index in [0.717, 1.165) is 28.1 Å². The predicted molar refractivity (Wildman–Crippen MR) is 99.8 cm³/mol. The summed E-state index contributed by atoms with van der Waals surface area (Å²) in [5, 5.41) is 8.96. The lowest BCUT2D eigenvalue weighted by molar-refractivity contribution is 0.0993. The standard InChI is InChI=1S/C19H20N4OS/c1-12-7-8-13(2)16(10-12)17(24)14(3)25-19-22-21-18(23(19)4)15-6-5-9-20-11-15/h5-11,14H,1-4H3. The molecule has 0 amide bonds. The zero-order valence-electron chi connectivity index (χ0n) is 14.7. The zero-order valence-corrected chi connectivity index (χ0v) is 15.5. The van der Waals surface area contributed by atoms with Crippen LogP contribution >= 0.6 is 11.8 Å². The van der Waals surface area contributed by atoms with Gasteiger partial charge in [-0.15, -0.1) is 10.2 Å². The molecule has 2 heterocycles. The van der Waals surface area contributed by atoms with Crippen molar-refractivity contribution in [1.29, 1.82) is 0 Å². The molecule has 1 aromatic carbocycles. The third kappa shape index (κ3) is 3.64. The molecule has 3 rings (SSSR count). The Bertz CT molecular complexity index is 905.